The first-order chi connectivity index (χ1) is 17.2. The molecular weight excluding hydrogens is 4710 g/mol. The fourth-order valence-electron chi connectivity index (χ4n) is 0.519. The summed E-state index contributed by atoms with van der Waals surface area (Å²) in [5.41, 5.74) is 0. The Morgan fingerprint density at radius 3 is 0.474 bits per heavy atom. The van der Waals surface area contributed by atoms with Crippen molar-refractivity contribution in [2.75, 3.05) is 4.93 Å². The molecular formula is CH3I37. The first kappa shape index (κ1) is 65.0. The van der Waals surface area contributed by atoms with Gasteiger partial charge in [-0.25, -0.2) is 0 Å². The van der Waals surface area contributed by atoms with Gasteiger partial charge in [-0.05, 0) is 0 Å². The van der Waals surface area contributed by atoms with Crippen LogP contribution in [0, 0.1) is 0 Å². The van der Waals surface area contributed by atoms with Crippen molar-refractivity contribution in [2.45, 2.75) is 0 Å². The van der Waals surface area contributed by atoms with E-state index in [4.69, 9.17) is 0 Å². The molecule has 0 aromatic rings. The molecule has 0 heterocycles. The molecule has 0 fully saturated rings. The van der Waals surface area contributed by atoms with Crippen molar-refractivity contribution in [3.8, 4) is 0 Å². The van der Waals surface area contributed by atoms with E-state index >= 15 is 0 Å². The minimum atomic E-state index is -0.531. The summed E-state index contributed by atoms with van der Waals surface area (Å²) in [5.74, 6) is 0. The van der Waals surface area contributed by atoms with Crippen LogP contribution in [0.4, 0.5) is 0 Å². The first-order valence-corrected chi connectivity index (χ1v) is 234. The molecule has 0 aliphatic heterocycles. The summed E-state index contributed by atoms with van der Waals surface area (Å²) in [6.07, 6.45) is 0. The molecule has 0 rings (SSSR count). The van der Waals surface area contributed by atoms with E-state index in [-0.39, 0.29) is 0 Å². The molecule has 0 nitrogen and oxygen atoms in total. The average molecular weight is 4710 g/mol. The summed E-state index contributed by atoms with van der Waals surface area (Å²) in [6.45, 7) is 0. The zero-order valence-electron chi connectivity index (χ0n) is 15.0. The third-order valence-corrected chi connectivity index (χ3v) is 2760. The van der Waals surface area contributed by atoms with Crippen molar-refractivity contribution in [1.82, 2.24) is 0 Å². The van der Waals surface area contributed by atoms with Gasteiger partial charge in [0.25, 0.3) is 0 Å². The molecule has 0 aromatic carbocycles. The maximum atomic E-state index is 3.33. The summed E-state index contributed by atoms with van der Waals surface area (Å²) < 4.78 is 0. The van der Waals surface area contributed by atoms with Gasteiger partial charge in [-0.3, -0.25) is 0 Å². The maximum absolute atomic E-state index is 3.33. The summed E-state index contributed by atoms with van der Waals surface area (Å²) in [7, 11) is -8.43. The molecule has 0 aliphatic rings. The Bertz CT molecular complexity index is 570. The van der Waals surface area contributed by atoms with Gasteiger partial charge >= 0.3 is 505 Å². The molecule has 38 heavy (non-hydrogen) atoms. The summed E-state index contributed by atoms with van der Waals surface area (Å²) in [4.78, 5) is 2.73. The van der Waals surface area contributed by atoms with E-state index in [9.17, 15) is 0 Å². The van der Waals surface area contributed by atoms with E-state index in [0.29, 0.717) is 0 Å². The molecule has 0 saturated carbocycles. The molecule has 266 valence electrons. The molecule has 0 unspecified atom stereocenters. The fourth-order valence-corrected chi connectivity index (χ4v) is 6580. The van der Waals surface area contributed by atoms with Gasteiger partial charge in [0.2, 0.25) is 0 Å². The van der Waals surface area contributed by atoms with E-state index in [0.717, 1.165) is 0 Å². The number of hydrogen-bond acceptors (Lipinski definition) is 0. The van der Waals surface area contributed by atoms with Crippen molar-refractivity contribution in [1.29, 1.82) is 0 Å². The van der Waals surface area contributed by atoms with Gasteiger partial charge in [-0.2, -0.15) is 0 Å². The van der Waals surface area contributed by atoms with Crippen LogP contribution in [0.15, 0.2) is 0 Å². The molecule has 0 N–H and O–H groups in total. The number of alkyl halides is 1. The number of hydrogen-bond donors (Lipinski definition) is 0. The van der Waals surface area contributed by atoms with Crippen molar-refractivity contribution in [3.05, 3.63) is 0 Å². The van der Waals surface area contributed by atoms with Gasteiger partial charge in [0.1, 0.15) is 0 Å². The average Bonchev–Trinajstić information content (AvgIpc) is 2.89. The van der Waals surface area contributed by atoms with Crippen LogP contribution >= 0.6 is 500 Å². The van der Waals surface area contributed by atoms with Crippen molar-refractivity contribution < 1.29 is 0 Å². The van der Waals surface area contributed by atoms with Crippen molar-refractivity contribution in [3.63, 3.8) is 0 Å². The topological polar surface area (TPSA) is 0 Å². The predicted molar refractivity (Wildman–Crippen MR) is 525 cm³/mol. The van der Waals surface area contributed by atoms with Gasteiger partial charge < -0.3 is 0 Å². The summed E-state index contributed by atoms with van der Waals surface area (Å²) in [6, 6.07) is 0. The van der Waals surface area contributed by atoms with E-state index in [1.54, 1.807) is 0 Å². The molecule has 0 radical (unpaired) electrons. The summed E-state index contributed by atoms with van der Waals surface area (Å²) >= 11 is 60.7. The standard InChI is InChI=1S/CH3I37/c1-21(2)23(5)25(7)27(9)29(11)31(13)33(15)35(17)37(19)38(20)36(18)34(16)32(14)30(12)28(10)26(8)24(6)22(3)4/h1H3. The van der Waals surface area contributed by atoms with Crippen LogP contribution in [-0.4, -0.2) is 4.93 Å². The third kappa shape index (κ3) is 26.8. The normalized spacial score (nSPS) is 18.6. The fraction of sp³-hybridized carbons (Fsp3) is 1.00. The second-order valence-corrected chi connectivity index (χ2v) is 860. The molecule has 37 heteroatoms. The molecule has 0 amide bonds. The molecule has 0 spiro atoms. The van der Waals surface area contributed by atoms with Crippen LogP contribution in [0.25, 0.3) is 0 Å². The third-order valence-electron chi connectivity index (χ3n) is 1.45. The quantitative estimate of drug-likeness (QED) is 0.101. The van der Waals surface area contributed by atoms with Gasteiger partial charge in [0, 0.05) is 0 Å². The van der Waals surface area contributed by atoms with E-state index in [2.05, 4.69) is 359 Å². The van der Waals surface area contributed by atoms with Crippen LogP contribution in [0.3, 0.4) is 0 Å². The van der Waals surface area contributed by atoms with Crippen LogP contribution in [0.5, 0.6) is 0 Å². The van der Waals surface area contributed by atoms with Gasteiger partial charge in [-0.1, -0.05) is 0 Å². The van der Waals surface area contributed by atoms with Gasteiger partial charge in [-0.15, -0.1) is 0 Å². The zero-order chi connectivity index (χ0) is 30.4. The minimum absolute atomic E-state index is 0.434. The Hall–Kier alpha value is 27.0. The zero-order valence-corrected chi connectivity index (χ0v) is 94.8. The second kappa shape index (κ2) is 38.7. The number of rotatable bonds is 17. The Labute approximate surface area is 475 Å². The SMILES string of the molecule is CI(I)I(I)I(I)I(I)I(I)I(I)I(I)I(I)I(I)I(I)I(I)I(I)I(I)I(I)I(I)I(I)I(I)I(I)I. The van der Waals surface area contributed by atoms with Crippen molar-refractivity contribution in [2.24, 2.45) is 0 Å². The Morgan fingerprint density at radius 2 is 0.342 bits per heavy atom. The Balaban J connectivity index is 5.37. The molecule has 0 aliphatic carbocycles. The van der Waals surface area contributed by atoms with Crippen LogP contribution in [0.2, 0.25) is 0 Å². The van der Waals surface area contributed by atoms with E-state index in [1.807, 2.05) is 0 Å². The predicted octanol–water partition coefficient (Wildman–Crippen LogP) is 32.9. The van der Waals surface area contributed by atoms with Crippen LogP contribution in [0.1, 0.15) is 0 Å². The molecule has 0 atom stereocenters. The van der Waals surface area contributed by atoms with Crippen LogP contribution < -0.4 is 0 Å². The van der Waals surface area contributed by atoms with Gasteiger partial charge in [0.15, 0.2) is 0 Å². The molecule has 0 saturated heterocycles. The molecule has 0 aromatic heterocycles. The van der Waals surface area contributed by atoms with Crippen molar-refractivity contribution >= 4 is 500 Å². The first-order valence-electron chi connectivity index (χ1n) is 5.52. The summed E-state index contributed by atoms with van der Waals surface area (Å²) in [5, 5.41) is 0. The Kier molecular flexibility index (Phi) is 66.3. The number of halogens is 37. The monoisotopic (exact) mass is 4710 g/mol. The van der Waals surface area contributed by atoms with Gasteiger partial charge in [0.05, 0.1) is 0 Å². The van der Waals surface area contributed by atoms with Crippen LogP contribution in [-0.2, 0) is 0 Å². The van der Waals surface area contributed by atoms with E-state index < -0.39 is 146 Å². The molecule has 0 bridgehead atoms. The Morgan fingerprint density at radius 1 is 0.211 bits per heavy atom. The van der Waals surface area contributed by atoms with E-state index in [1.165, 1.54) is 0 Å². The second-order valence-electron chi connectivity index (χ2n) is 3.09.